The molecule has 1 saturated heterocycles. The van der Waals surface area contributed by atoms with Crippen LogP contribution in [0.25, 0.3) is 5.76 Å². The quantitative estimate of drug-likeness (QED) is 0.375. The summed E-state index contributed by atoms with van der Waals surface area (Å²) in [5.41, 5.74) is 2.04. The smallest absolute Gasteiger partial charge is 0.296 e. The molecule has 32 heavy (non-hydrogen) atoms. The van der Waals surface area contributed by atoms with E-state index in [2.05, 4.69) is 0 Å². The van der Waals surface area contributed by atoms with Gasteiger partial charge in [0.2, 0.25) is 0 Å². The first-order chi connectivity index (χ1) is 15.6. The molecule has 0 spiro atoms. The summed E-state index contributed by atoms with van der Waals surface area (Å²) in [6.07, 6.45) is 2.23. The molecule has 5 rings (SSSR count). The molecule has 1 aromatic heterocycles. The number of nitrogens with zero attached hydrogens (tertiary/aromatic N) is 1. The Hall–Kier alpha value is -4.00. The van der Waals surface area contributed by atoms with E-state index >= 15 is 0 Å². The van der Waals surface area contributed by atoms with E-state index in [1.165, 1.54) is 18.3 Å². The third-order valence-corrected chi connectivity index (χ3v) is 5.84. The Balaban J connectivity index is 1.67. The molecule has 2 aliphatic heterocycles. The average molecular weight is 431 g/mol. The number of methoxy groups -OCH3 is 1. The number of fused-ring (bicyclic) bond motifs is 1. The molecular weight excluding hydrogens is 410 g/mol. The van der Waals surface area contributed by atoms with Crippen molar-refractivity contribution in [2.24, 2.45) is 0 Å². The molecule has 0 radical (unpaired) electrons. The summed E-state index contributed by atoms with van der Waals surface area (Å²) in [5.74, 6) is 0.126. The number of hydrogen-bond acceptors (Lipinski definition) is 6. The van der Waals surface area contributed by atoms with E-state index in [9.17, 15) is 14.7 Å². The standard InChI is InChI=1S/C25H21NO6/c1-30-20-7-3-2-6-18(20)22-21(23(27)16-8-9-19-15(13-16)10-12-32-19)24(28)25(29)26(22)14-17-5-4-11-31-17/h2-9,11,13,22,27H,10,12,14H2,1H3/b23-21+. The molecule has 1 unspecified atom stereocenters. The van der Waals surface area contributed by atoms with Gasteiger partial charge in [0.15, 0.2) is 0 Å². The van der Waals surface area contributed by atoms with Gasteiger partial charge in [-0.3, -0.25) is 9.59 Å². The number of ketones is 1. The number of likely N-dealkylation sites (tertiary alicyclic amines) is 1. The predicted octanol–water partition coefficient (Wildman–Crippen LogP) is 3.85. The number of furan rings is 1. The van der Waals surface area contributed by atoms with Gasteiger partial charge in [-0.1, -0.05) is 18.2 Å². The Morgan fingerprint density at radius 1 is 1.16 bits per heavy atom. The molecule has 2 aromatic carbocycles. The van der Waals surface area contributed by atoms with E-state index in [4.69, 9.17) is 13.9 Å². The maximum absolute atomic E-state index is 13.2. The van der Waals surface area contributed by atoms with Crippen LogP contribution in [0.2, 0.25) is 0 Å². The molecule has 7 heteroatoms. The normalized spacial score (nSPS) is 19.2. The third kappa shape index (κ3) is 3.22. The van der Waals surface area contributed by atoms with Crippen LogP contribution in [0.15, 0.2) is 70.9 Å². The van der Waals surface area contributed by atoms with Crippen molar-refractivity contribution in [1.82, 2.24) is 4.90 Å². The first-order valence-corrected chi connectivity index (χ1v) is 10.3. The zero-order chi connectivity index (χ0) is 22.2. The van der Waals surface area contributed by atoms with Crippen LogP contribution in [-0.4, -0.2) is 35.4 Å². The Morgan fingerprint density at radius 2 is 2.00 bits per heavy atom. The lowest BCUT2D eigenvalue weighted by Gasteiger charge is -2.25. The minimum Gasteiger partial charge on any atom is -0.507 e. The number of carbonyl (C=O) groups excluding carboxylic acids is 2. The number of para-hydroxylation sites is 1. The number of amides is 1. The van der Waals surface area contributed by atoms with Crippen LogP contribution < -0.4 is 9.47 Å². The number of benzene rings is 2. The molecular formula is C25H21NO6. The Morgan fingerprint density at radius 3 is 2.78 bits per heavy atom. The Labute approximate surface area is 184 Å². The highest BCUT2D eigenvalue weighted by molar-refractivity contribution is 6.46. The summed E-state index contributed by atoms with van der Waals surface area (Å²) in [5, 5.41) is 11.3. The van der Waals surface area contributed by atoms with Crippen LogP contribution in [0.4, 0.5) is 0 Å². The highest BCUT2D eigenvalue weighted by atomic mass is 16.5. The topological polar surface area (TPSA) is 89.2 Å². The van der Waals surface area contributed by atoms with Gasteiger partial charge in [-0.25, -0.2) is 0 Å². The lowest BCUT2D eigenvalue weighted by atomic mass is 9.94. The number of rotatable bonds is 5. The van der Waals surface area contributed by atoms with Crippen LogP contribution in [-0.2, 0) is 22.6 Å². The summed E-state index contributed by atoms with van der Waals surface area (Å²) in [6, 6.07) is 15.0. The van der Waals surface area contributed by atoms with E-state index in [0.717, 1.165) is 17.7 Å². The van der Waals surface area contributed by atoms with E-state index in [0.29, 0.717) is 29.2 Å². The Bertz CT molecular complexity index is 1230. The van der Waals surface area contributed by atoms with Crippen molar-refractivity contribution in [1.29, 1.82) is 0 Å². The number of Topliss-reactive ketones (excluding diaryl/α,β-unsaturated/α-hetero) is 1. The minimum absolute atomic E-state index is 0.0184. The van der Waals surface area contributed by atoms with E-state index in [1.54, 1.807) is 48.5 Å². The monoisotopic (exact) mass is 431 g/mol. The van der Waals surface area contributed by atoms with E-state index in [-0.39, 0.29) is 17.9 Å². The van der Waals surface area contributed by atoms with Crippen molar-refractivity contribution < 1.29 is 28.6 Å². The fourth-order valence-electron chi connectivity index (χ4n) is 4.32. The van der Waals surface area contributed by atoms with Gasteiger partial charge in [-0.15, -0.1) is 0 Å². The Kier molecular flexibility index (Phi) is 4.93. The highest BCUT2D eigenvalue weighted by Gasteiger charge is 2.47. The van der Waals surface area contributed by atoms with Crippen molar-refractivity contribution >= 4 is 17.4 Å². The predicted molar refractivity (Wildman–Crippen MR) is 115 cm³/mol. The van der Waals surface area contributed by atoms with Crippen LogP contribution in [0.5, 0.6) is 11.5 Å². The number of carbonyl (C=O) groups is 2. The van der Waals surface area contributed by atoms with Crippen molar-refractivity contribution in [2.75, 3.05) is 13.7 Å². The van der Waals surface area contributed by atoms with Crippen LogP contribution in [0.3, 0.4) is 0 Å². The second kappa shape index (κ2) is 7.92. The maximum atomic E-state index is 13.2. The van der Waals surface area contributed by atoms with Crippen LogP contribution in [0.1, 0.15) is 28.5 Å². The lowest BCUT2D eigenvalue weighted by molar-refractivity contribution is -0.140. The highest BCUT2D eigenvalue weighted by Crippen LogP contribution is 2.43. The van der Waals surface area contributed by atoms with Gasteiger partial charge in [-0.05, 0) is 42.0 Å². The van der Waals surface area contributed by atoms with Crippen molar-refractivity contribution in [2.45, 2.75) is 19.0 Å². The molecule has 7 nitrogen and oxygen atoms in total. The molecule has 0 aliphatic carbocycles. The SMILES string of the molecule is COc1ccccc1C1/C(=C(\O)c2ccc3c(c2)CCO3)C(=O)C(=O)N1Cc1ccco1. The van der Waals surface area contributed by atoms with Gasteiger partial charge in [0.1, 0.15) is 23.0 Å². The fourth-order valence-corrected chi connectivity index (χ4v) is 4.32. The number of hydrogen-bond donors (Lipinski definition) is 1. The summed E-state index contributed by atoms with van der Waals surface area (Å²) in [7, 11) is 1.53. The van der Waals surface area contributed by atoms with E-state index in [1.807, 2.05) is 6.07 Å². The molecule has 2 aliphatic rings. The first kappa shape index (κ1) is 19.9. The lowest BCUT2D eigenvalue weighted by Crippen LogP contribution is -2.29. The maximum Gasteiger partial charge on any atom is 0.296 e. The van der Waals surface area contributed by atoms with E-state index < -0.39 is 17.7 Å². The summed E-state index contributed by atoms with van der Waals surface area (Å²) < 4.78 is 16.5. The molecule has 0 saturated carbocycles. The summed E-state index contributed by atoms with van der Waals surface area (Å²) in [6.45, 7) is 0.656. The summed E-state index contributed by atoms with van der Waals surface area (Å²) >= 11 is 0. The zero-order valence-corrected chi connectivity index (χ0v) is 17.4. The molecule has 1 atom stereocenters. The van der Waals surface area contributed by atoms with Crippen LogP contribution >= 0.6 is 0 Å². The number of aliphatic hydroxyl groups excluding tert-OH is 1. The van der Waals surface area contributed by atoms with Gasteiger partial charge in [0, 0.05) is 17.5 Å². The molecule has 3 aromatic rings. The molecule has 0 bridgehead atoms. The molecule has 1 N–H and O–H groups in total. The average Bonchev–Trinajstić information content (AvgIpc) is 3.55. The minimum atomic E-state index is -0.833. The van der Waals surface area contributed by atoms with Gasteiger partial charge < -0.3 is 23.9 Å². The summed E-state index contributed by atoms with van der Waals surface area (Å²) in [4.78, 5) is 27.7. The number of aliphatic hydroxyl groups is 1. The van der Waals surface area contributed by atoms with Gasteiger partial charge in [0.25, 0.3) is 11.7 Å². The van der Waals surface area contributed by atoms with Crippen molar-refractivity contribution in [3.05, 3.63) is 88.9 Å². The molecule has 162 valence electrons. The fraction of sp³-hybridized carbons (Fsp3) is 0.200. The first-order valence-electron chi connectivity index (χ1n) is 10.3. The molecule has 1 fully saturated rings. The van der Waals surface area contributed by atoms with Gasteiger partial charge in [0.05, 0.1) is 38.1 Å². The second-order valence-corrected chi connectivity index (χ2v) is 7.67. The molecule has 1 amide bonds. The zero-order valence-electron chi connectivity index (χ0n) is 17.4. The molecule has 3 heterocycles. The second-order valence-electron chi connectivity index (χ2n) is 7.67. The van der Waals surface area contributed by atoms with Crippen LogP contribution in [0, 0.1) is 0 Å². The third-order valence-electron chi connectivity index (χ3n) is 5.84. The number of ether oxygens (including phenoxy) is 2. The van der Waals surface area contributed by atoms with Gasteiger partial charge in [-0.2, -0.15) is 0 Å². The van der Waals surface area contributed by atoms with Crippen molar-refractivity contribution in [3.8, 4) is 11.5 Å². The van der Waals surface area contributed by atoms with Gasteiger partial charge >= 0.3 is 0 Å². The largest absolute Gasteiger partial charge is 0.507 e. The van der Waals surface area contributed by atoms with Crippen molar-refractivity contribution in [3.63, 3.8) is 0 Å².